The van der Waals surface area contributed by atoms with Crippen molar-refractivity contribution in [3.8, 4) is 0 Å². The second-order valence-corrected chi connectivity index (χ2v) is 3.19. The lowest BCUT2D eigenvalue weighted by Gasteiger charge is -2.20. The van der Waals surface area contributed by atoms with E-state index in [9.17, 15) is 4.79 Å². The largest absolute Gasteiger partial charge is 0.381 e. The fourth-order valence-corrected chi connectivity index (χ4v) is 1.39. The van der Waals surface area contributed by atoms with Crippen LogP contribution in [0.1, 0.15) is 19.3 Å². The van der Waals surface area contributed by atoms with E-state index in [0.29, 0.717) is 12.3 Å². The number of nitrogens with zero attached hydrogens (tertiary/aromatic N) is 1. The molecule has 1 fully saturated rings. The molecule has 5 nitrogen and oxygen atoms in total. The maximum Gasteiger partial charge on any atom is 0.249 e. The van der Waals surface area contributed by atoms with Crippen molar-refractivity contribution in [1.29, 1.82) is 0 Å². The van der Waals surface area contributed by atoms with E-state index in [0.717, 1.165) is 26.1 Å². The number of hydrogen-bond acceptors (Lipinski definition) is 2. The van der Waals surface area contributed by atoms with Crippen LogP contribution in [0, 0.1) is 5.92 Å². The second kappa shape index (κ2) is 4.81. The van der Waals surface area contributed by atoms with Crippen molar-refractivity contribution in [2.24, 2.45) is 22.4 Å². The van der Waals surface area contributed by atoms with Gasteiger partial charge in [-0.15, -0.1) is 0 Å². The summed E-state index contributed by atoms with van der Waals surface area (Å²) in [5, 5.41) is 0. The van der Waals surface area contributed by atoms with Crippen LogP contribution in [0.25, 0.3) is 0 Å². The lowest BCUT2D eigenvalue weighted by molar-refractivity contribution is -0.119. The standard InChI is InChI=1S/C8H15N3O2/c9-8(10)11-7(12)5-6-1-3-13-4-2-6/h6H,1-5H2,(H4,9,10,11,12). The number of rotatable bonds is 2. The highest BCUT2D eigenvalue weighted by atomic mass is 16.5. The molecule has 0 spiro atoms. The van der Waals surface area contributed by atoms with Gasteiger partial charge in [0.2, 0.25) is 5.91 Å². The number of nitrogens with two attached hydrogens (primary N) is 2. The van der Waals surface area contributed by atoms with Gasteiger partial charge in [0.05, 0.1) is 0 Å². The normalized spacial score (nSPS) is 18.2. The number of carbonyl (C=O) groups excluding carboxylic acids is 1. The second-order valence-electron chi connectivity index (χ2n) is 3.19. The summed E-state index contributed by atoms with van der Waals surface area (Å²) in [6, 6.07) is 0. The lowest BCUT2D eigenvalue weighted by Crippen LogP contribution is -2.25. The molecule has 1 heterocycles. The quantitative estimate of drug-likeness (QED) is 0.452. The molecule has 1 saturated heterocycles. The highest BCUT2D eigenvalue weighted by Crippen LogP contribution is 2.18. The van der Waals surface area contributed by atoms with E-state index in [4.69, 9.17) is 16.2 Å². The van der Waals surface area contributed by atoms with Crippen molar-refractivity contribution in [1.82, 2.24) is 0 Å². The Hall–Kier alpha value is -1.10. The zero-order valence-corrected chi connectivity index (χ0v) is 7.53. The molecule has 0 atom stereocenters. The summed E-state index contributed by atoms with van der Waals surface area (Å²) in [6.07, 6.45) is 2.28. The lowest BCUT2D eigenvalue weighted by atomic mass is 9.96. The van der Waals surface area contributed by atoms with Crippen LogP contribution >= 0.6 is 0 Å². The van der Waals surface area contributed by atoms with E-state index >= 15 is 0 Å². The van der Waals surface area contributed by atoms with Gasteiger partial charge in [-0.25, -0.2) is 0 Å². The summed E-state index contributed by atoms with van der Waals surface area (Å²) < 4.78 is 5.17. The van der Waals surface area contributed by atoms with Crippen LogP contribution in [0.3, 0.4) is 0 Å². The third-order valence-electron chi connectivity index (χ3n) is 2.06. The molecule has 13 heavy (non-hydrogen) atoms. The van der Waals surface area contributed by atoms with Crippen LogP contribution in [0.5, 0.6) is 0 Å². The molecule has 0 unspecified atom stereocenters. The number of carbonyl (C=O) groups is 1. The first-order valence-corrected chi connectivity index (χ1v) is 4.38. The van der Waals surface area contributed by atoms with Crippen LogP contribution in [-0.4, -0.2) is 25.1 Å². The minimum Gasteiger partial charge on any atom is -0.381 e. The van der Waals surface area contributed by atoms with Gasteiger partial charge >= 0.3 is 0 Å². The van der Waals surface area contributed by atoms with E-state index in [-0.39, 0.29) is 11.9 Å². The zero-order valence-electron chi connectivity index (χ0n) is 7.53. The van der Waals surface area contributed by atoms with Gasteiger partial charge in [0.1, 0.15) is 0 Å². The molecular formula is C8H15N3O2. The van der Waals surface area contributed by atoms with Gasteiger partial charge in [-0.3, -0.25) is 4.79 Å². The Balaban J connectivity index is 2.30. The molecule has 0 bridgehead atoms. The van der Waals surface area contributed by atoms with Crippen LogP contribution < -0.4 is 11.5 Å². The molecule has 1 aliphatic rings. The van der Waals surface area contributed by atoms with Crippen LogP contribution in [0.15, 0.2) is 4.99 Å². The molecule has 1 amide bonds. The summed E-state index contributed by atoms with van der Waals surface area (Å²) in [4.78, 5) is 14.6. The number of amides is 1. The van der Waals surface area contributed by atoms with Crippen molar-refractivity contribution in [2.45, 2.75) is 19.3 Å². The van der Waals surface area contributed by atoms with Crippen molar-refractivity contribution in [3.05, 3.63) is 0 Å². The van der Waals surface area contributed by atoms with Crippen LogP contribution in [-0.2, 0) is 9.53 Å². The molecule has 1 aliphatic heterocycles. The van der Waals surface area contributed by atoms with Gasteiger partial charge in [-0.2, -0.15) is 4.99 Å². The Morgan fingerprint density at radius 2 is 2.00 bits per heavy atom. The first-order valence-electron chi connectivity index (χ1n) is 4.38. The van der Waals surface area contributed by atoms with Gasteiger partial charge in [0.25, 0.3) is 0 Å². The predicted molar refractivity (Wildman–Crippen MR) is 49.0 cm³/mol. The average Bonchev–Trinajstić information content (AvgIpc) is 2.04. The van der Waals surface area contributed by atoms with Gasteiger partial charge in [0.15, 0.2) is 5.96 Å². The van der Waals surface area contributed by atoms with Gasteiger partial charge < -0.3 is 16.2 Å². The van der Waals surface area contributed by atoms with Gasteiger partial charge in [-0.1, -0.05) is 0 Å². The molecule has 5 heteroatoms. The van der Waals surface area contributed by atoms with Gasteiger partial charge in [0, 0.05) is 19.6 Å². The predicted octanol–water partition coefficient (Wildman–Crippen LogP) is -0.397. The van der Waals surface area contributed by atoms with Crippen molar-refractivity contribution >= 4 is 11.9 Å². The smallest absolute Gasteiger partial charge is 0.249 e. The monoisotopic (exact) mass is 185 g/mol. The van der Waals surface area contributed by atoms with Crippen molar-refractivity contribution in [2.75, 3.05) is 13.2 Å². The first kappa shape index (κ1) is 9.98. The van der Waals surface area contributed by atoms with Gasteiger partial charge in [-0.05, 0) is 18.8 Å². The molecule has 1 rings (SSSR count). The zero-order chi connectivity index (χ0) is 9.68. The number of hydrogen-bond donors (Lipinski definition) is 2. The maximum absolute atomic E-state index is 11.1. The first-order chi connectivity index (χ1) is 6.18. The molecule has 4 N–H and O–H groups in total. The highest BCUT2D eigenvalue weighted by molar-refractivity contribution is 5.91. The van der Waals surface area contributed by atoms with E-state index in [2.05, 4.69) is 4.99 Å². The number of guanidine groups is 1. The van der Waals surface area contributed by atoms with E-state index in [1.165, 1.54) is 0 Å². The van der Waals surface area contributed by atoms with E-state index in [1.54, 1.807) is 0 Å². The van der Waals surface area contributed by atoms with Crippen molar-refractivity contribution in [3.63, 3.8) is 0 Å². The number of aliphatic imine (C=N–C) groups is 1. The fraction of sp³-hybridized carbons (Fsp3) is 0.750. The maximum atomic E-state index is 11.1. The van der Waals surface area contributed by atoms with Crippen LogP contribution in [0.2, 0.25) is 0 Å². The van der Waals surface area contributed by atoms with Crippen LogP contribution in [0.4, 0.5) is 0 Å². The molecule has 0 aromatic heterocycles. The summed E-state index contributed by atoms with van der Waals surface area (Å²) >= 11 is 0. The molecule has 0 aliphatic carbocycles. The Morgan fingerprint density at radius 3 is 2.54 bits per heavy atom. The molecule has 0 radical (unpaired) electrons. The Kier molecular flexibility index (Phi) is 3.70. The SMILES string of the molecule is NC(N)=NC(=O)CC1CCOCC1. The average molecular weight is 185 g/mol. The Morgan fingerprint density at radius 1 is 1.38 bits per heavy atom. The molecular weight excluding hydrogens is 170 g/mol. The molecule has 0 aromatic carbocycles. The van der Waals surface area contributed by atoms with E-state index in [1.807, 2.05) is 0 Å². The third-order valence-corrected chi connectivity index (χ3v) is 2.06. The minimum atomic E-state index is -0.230. The van der Waals surface area contributed by atoms with E-state index < -0.39 is 0 Å². The fourth-order valence-electron chi connectivity index (χ4n) is 1.39. The Labute approximate surface area is 77.1 Å². The summed E-state index contributed by atoms with van der Waals surface area (Å²) in [5.74, 6) is -0.00619. The highest BCUT2D eigenvalue weighted by Gasteiger charge is 2.16. The third kappa shape index (κ3) is 3.89. The number of ether oxygens (including phenoxy) is 1. The molecule has 0 aromatic rings. The summed E-state index contributed by atoms with van der Waals surface area (Å²) in [7, 11) is 0. The molecule has 0 saturated carbocycles. The minimum absolute atomic E-state index is 0.156. The Bertz CT molecular complexity index is 205. The topological polar surface area (TPSA) is 90.7 Å². The molecule has 74 valence electrons. The van der Waals surface area contributed by atoms with Crippen molar-refractivity contribution < 1.29 is 9.53 Å². The summed E-state index contributed by atoms with van der Waals surface area (Å²) in [6.45, 7) is 1.47. The summed E-state index contributed by atoms with van der Waals surface area (Å²) in [5.41, 5.74) is 10.2.